The molecular weight excluding hydrogens is 369 g/mol. The van der Waals surface area contributed by atoms with Crippen LogP contribution >= 0.6 is 23.2 Å². The highest BCUT2D eigenvalue weighted by Gasteiger charge is 2.17. The van der Waals surface area contributed by atoms with Gasteiger partial charge < -0.3 is 0 Å². The highest BCUT2D eigenvalue weighted by Crippen LogP contribution is 2.36. The molecule has 0 bridgehead atoms. The van der Waals surface area contributed by atoms with Gasteiger partial charge in [0.05, 0.1) is 16.8 Å². The smallest absolute Gasteiger partial charge is 0.264 e. The van der Waals surface area contributed by atoms with Crippen LogP contribution in [0.1, 0.15) is 6.92 Å². The van der Waals surface area contributed by atoms with Crippen molar-refractivity contribution in [2.24, 2.45) is 0 Å². The molecule has 0 fully saturated rings. The van der Waals surface area contributed by atoms with Crippen LogP contribution < -0.4 is 16.3 Å². The Hall–Kier alpha value is -2.87. The van der Waals surface area contributed by atoms with Crippen molar-refractivity contribution in [3.05, 3.63) is 67.5 Å². The number of pyridine rings is 1. The molecule has 0 saturated carbocycles. The van der Waals surface area contributed by atoms with E-state index in [0.717, 1.165) is 5.39 Å². The summed E-state index contributed by atoms with van der Waals surface area (Å²) in [5.74, 6) is 0. The van der Waals surface area contributed by atoms with Crippen LogP contribution in [0.25, 0.3) is 39.3 Å². The fourth-order valence-corrected chi connectivity index (χ4v) is 3.88. The minimum atomic E-state index is -0.209. The number of imidazole rings is 1. The minimum absolute atomic E-state index is 0.209. The number of fused-ring (bicyclic) bond motifs is 2. The fourth-order valence-electron chi connectivity index (χ4n) is 3.32. The summed E-state index contributed by atoms with van der Waals surface area (Å²) < 4.78 is 1.55. The van der Waals surface area contributed by atoms with E-state index in [9.17, 15) is 4.79 Å². The molecule has 0 aliphatic carbocycles. The van der Waals surface area contributed by atoms with Crippen molar-refractivity contribution in [2.45, 2.75) is 6.92 Å². The SMILES string of the molecule is C=C(C#N)/C=c1/nc2c3ccc(Cl)c4c(Cl)ccc(c(=O)n2/c1=C/C)c43. The lowest BCUT2D eigenvalue weighted by atomic mass is 10.0. The Kier molecular flexibility index (Phi) is 3.73. The highest BCUT2D eigenvalue weighted by atomic mass is 35.5. The average molecular weight is 380 g/mol. The molecule has 2 heterocycles. The lowest BCUT2D eigenvalue weighted by Gasteiger charge is -2.09. The van der Waals surface area contributed by atoms with E-state index in [1.54, 1.807) is 34.8 Å². The number of benzene rings is 2. The standard InChI is InChI=1S/C20H11Cl2N3O/c1-3-16-15(8-10(2)9-23)24-19-11-4-6-13(21)18-14(22)7-5-12(17(11)18)20(26)25(16)19/h3-8H,2H2,1H3/b15-8+,16-3+. The largest absolute Gasteiger partial charge is 0.268 e. The zero-order valence-corrected chi connectivity index (χ0v) is 15.2. The lowest BCUT2D eigenvalue weighted by molar-refractivity contribution is 1.09. The van der Waals surface area contributed by atoms with Gasteiger partial charge >= 0.3 is 0 Å². The first-order valence-electron chi connectivity index (χ1n) is 7.79. The maximum Gasteiger partial charge on any atom is 0.264 e. The maximum atomic E-state index is 13.2. The molecule has 0 amide bonds. The van der Waals surface area contributed by atoms with Gasteiger partial charge in [-0.1, -0.05) is 35.9 Å². The second-order valence-corrected chi connectivity index (χ2v) is 6.67. The Morgan fingerprint density at radius 2 is 1.85 bits per heavy atom. The number of hydrogen-bond donors (Lipinski definition) is 0. The zero-order valence-electron chi connectivity index (χ0n) is 13.7. The van der Waals surface area contributed by atoms with Gasteiger partial charge in [-0.05, 0) is 37.3 Å². The summed E-state index contributed by atoms with van der Waals surface area (Å²) in [7, 11) is 0. The molecule has 0 saturated heterocycles. The van der Waals surface area contributed by atoms with E-state index in [0.29, 0.717) is 42.5 Å². The van der Waals surface area contributed by atoms with Crippen molar-refractivity contribution < 1.29 is 0 Å². The Morgan fingerprint density at radius 1 is 1.19 bits per heavy atom. The topological polar surface area (TPSA) is 58.2 Å². The van der Waals surface area contributed by atoms with E-state index in [4.69, 9.17) is 28.5 Å². The molecule has 26 heavy (non-hydrogen) atoms. The molecule has 0 spiro atoms. The Morgan fingerprint density at radius 3 is 2.46 bits per heavy atom. The number of hydrogen-bond acceptors (Lipinski definition) is 3. The number of halogens is 2. The lowest BCUT2D eigenvalue weighted by Crippen LogP contribution is -2.32. The van der Waals surface area contributed by atoms with Crippen molar-refractivity contribution >= 4 is 62.5 Å². The third-order valence-corrected chi connectivity index (χ3v) is 5.03. The first kappa shape index (κ1) is 16.6. The van der Waals surface area contributed by atoms with Gasteiger partial charge in [-0.25, -0.2) is 4.98 Å². The van der Waals surface area contributed by atoms with Crippen molar-refractivity contribution in [3.8, 4) is 6.07 Å². The summed E-state index contributed by atoms with van der Waals surface area (Å²) in [6, 6.07) is 8.93. The quantitative estimate of drug-likeness (QED) is 0.476. The Labute approximate surface area is 157 Å². The van der Waals surface area contributed by atoms with Crippen LogP contribution in [0.2, 0.25) is 10.0 Å². The predicted molar refractivity (Wildman–Crippen MR) is 106 cm³/mol. The molecule has 0 radical (unpaired) electrons. The fraction of sp³-hybridized carbons (Fsp3) is 0.0500. The van der Waals surface area contributed by atoms with Gasteiger partial charge in [0.2, 0.25) is 0 Å². The van der Waals surface area contributed by atoms with E-state index in [2.05, 4.69) is 11.6 Å². The van der Waals surface area contributed by atoms with E-state index in [1.165, 1.54) is 0 Å². The van der Waals surface area contributed by atoms with Crippen LogP contribution in [0.15, 0.2) is 41.2 Å². The molecule has 2 aromatic heterocycles. The van der Waals surface area contributed by atoms with Crippen molar-refractivity contribution in [1.82, 2.24) is 9.38 Å². The molecule has 4 nitrogen and oxygen atoms in total. The van der Waals surface area contributed by atoms with Gasteiger partial charge in [-0.2, -0.15) is 5.26 Å². The summed E-state index contributed by atoms with van der Waals surface area (Å²) in [4.78, 5) is 17.8. The molecule has 0 N–H and O–H groups in total. The monoisotopic (exact) mass is 379 g/mol. The van der Waals surface area contributed by atoms with Crippen LogP contribution in [0.5, 0.6) is 0 Å². The van der Waals surface area contributed by atoms with E-state index in [-0.39, 0.29) is 11.1 Å². The van der Waals surface area contributed by atoms with E-state index >= 15 is 0 Å². The second-order valence-electron chi connectivity index (χ2n) is 5.86. The van der Waals surface area contributed by atoms with Crippen molar-refractivity contribution in [2.75, 3.05) is 0 Å². The molecule has 2 aromatic carbocycles. The number of rotatable bonds is 1. The van der Waals surface area contributed by atoms with Crippen LogP contribution in [0.3, 0.4) is 0 Å². The Balaban J connectivity index is 2.41. The second kappa shape index (κ2) is 5.84. The molecule has 0 aliphatic rings. The van der Waals surface area contributed by atoms with Gasteiger partial charge in [0.25, 0.3) is 5.56 Å². The molecule has 126 valence electrons. The molecule has 0 aliphatic heterocycles. The van der Waals surface area contributed by atoms with Crippen LogP contribution in [0.4, 0.5) is 0 Å². The predicted octanol–water partition coefficient (Wildman–Crippen LogP) is 3.41. The van der Waals surface area contributed by atoms with Gasteiger partial charge in [-0.3, -0.25) is 9.20 Å². The number of allylic oxidation sites excluding steroid dienone is 1. The summed E-state index contributed by atoms with van der Waals surface area (Å²) in [5.41, 5.74) is 0.550. The van der Waals surface area contributed by atoms with Crippen LogP contribution in [-0.4, -0.2) is 9.38 Å². The summed E-state index contributed by atoms with van der Waals surface area (Å²) in [5, 5.41) is 13.7. The highest BCUT2D eigenvalue weighted by molar-refractivity contribution is 6.44. The average Bonchev–Trinajstić information content (AvgIpc) is 2.99. The molecule has 4 aromatic rings. The van der Waals surface area contributed by atoms with Gasteiger partial charge in [0, 0.05) is 37.2 Å². The minimum Gasteiger partial charge on any atom is -0.268 e. The zero-order chi connectivity index (χ0) is 18.6. The van der Waals surface area contributed by atoms with Crippen LogP contribution in [-0.2, 0) is 0 Å². The third-order valence-electron chi connectivity index (χ3n) is 4.40. The van der Waals surface area contributed by atoms with E-state index < -0.39 is 0 Å². The summed E-state index contributed by atoms with van der Waals surface area (Å²) in [6.45, 7) is 5.49. The van der Waals surface area contributed by atoms with Gasteiger partial charge in [0.15, 0.2) is 0 Å². The molecule has 4 rings (SSSR count). The number of aromatic nitrogens is 2. The first-order chi connectivity index (χ1) is 12.5. The molecular formula is C20H11Cl2N3O. The Bertz CT molecular complexity index is 1450. The first-order valence-corrected chi connectivity index (χ1v) is 8.55. The summed E-state index contributed by atoms with van der Waals surface area (Å²) in [6.07, 6.45) is 3.36. The van der Waals surface area contributed by atoms with Gasteiger partial charge in [0.1, 0.15) is 5.65 Å². The normalized spacial score (nSPS) is 13.2. The van der Waals surface area contributed by atoms with Crippen molar-refractivity contribution in [1.29, 1.82) is 5.26 Å². The molecule has 0 unspecified atom stereocenters. The molecule has 0 atom stereocenters. The molecule has 6 heteroatoms. The third kappa shape index (κ3) is 2.15. The number of nitrogens with zero attached hydrogens (tertiary/aromatic N) is 3. The van der Waals surface area contributed by atoms with E-state index in [1.807, 2.05) is 19.1 Å². The summed E-state index contributed by atoms with van der Waals surface area (Å²) >= 11 is 12.7. The van der Waals surface area contributed by atoms with Gasteiger partial charge in [-0.15, -0.1) is 0 Å². The van der Waals surface area contributed by atoms with Crippen molar-refractivity contribution in [3.63, 3.8) is 0 Å². The van der Waals surface area contributed by atoms with Crippen LogP contribution in [0, 0.1) is 11.3 Å². The number of nitriles is 1. The maximum absolute atomic E-state index is 13.2.